The molecule has 2 fully saturated rings. The SMILES string of the molecule is CC(O)c1cccc(-c2ccc(CN3C[C@]4(CO)O[C@@H](CO)C[C@@H]4S3(=O)=O)cc2)c1. The number of benzene rings is 2. The Morgan fingerprint density at radius 2 is 1.90 bits per heavy atom. The van der Waals surface area contributed by atoms with E-state index in [2.05, 4.69) is 0 Å². The number of aliphatic hydroxyl groups excluding tert-OH is 3. The second-order valence-electron chi connectivity index (χ2n) is 8.18. The number of nitrogens with zero attached hydrogens (tertiary/aromatic N) is 1. The van der Waals surface area contributed by atoms with E-state index in [1.165, 1.54) is 4.31 Å². The van der Waals surface area contributed by atoms with Crippen molar-refractivity contribution in [1.29, 1.82) is 0 Å². The molecule has 1 unspecified atom stereocenters. The van der Waals surface area contributed by atoms with Gasteiger partial charge < -0.3 is 20.1 Å². The van der Waals surface area contributed by atoms with Crippen LogP contribution in [0.4, 0.5) is 0 Å². The number of hydrogen-bond donors (Lipinski definition) is 3. The Morgan fingerprint density at radius 1 is 1.17 bits per heavy atom. The molecule has 2 heterocycles. The minimum absolute atomic E-state index is 0.0746. The van der Waals surface area contributed by atoms with Crippen molar-refractivity contribution in [1.82, 2.24) is 4.31 Å². The van der Waals surface area contributed by atoms with Gasteiger partial charge in [-0.3, -0.25) is 0 Å². The molecule has 7 nitrogen and oxygen atoms in total. The highest BCUT2D eigenvalue weighted by molar-refractivity contribution is 7.90. The van der Waals surface area contributed by atoms with E-state index in [0.29, 0.717) is 0 Å². The fourth-order valence-corrected chi connectivity index (χ4v) is 6.73. The third-order valence-electron chi connectivity index (χ3n) is 6.12. The van der Waals surface area contributed by atoms with Crippen LogP contribution < -0.4 is 0 Å². The number of rotatable bonds is 6. The molecule has 162 valence electrons. The third kappa shape index (κ3) is 3.68. The van der Waals surface area contributed by atoms with Crippen molar-refractivity contribution in [2.24, 2.45) is 0 Å². The first kappa shape index (κ1) is 21.4. The van der Waals surface area contributed by atoms with Crippen LogP contribution in [0.2, 0.25) is 0 Å². The lowest BCUT2D eigenvalue weighted by Gasteiger charge is -2.25. The summed E-state index contributed by atoms with van der Waals surface area (Å²) in [5.41, 5.74) is 2.45. The first-order chi connectivity index (χ1) is 14.3. The van der Waals surface area contributed by atoms with Gasteiger partial charge in [-0.05, 0) is 41.7 Å². The molecule has 0 aliphatic carbocycles. The second-order valence-corrected chi connectivity index (χ2v) is 10.3. The predicted octanol–water partition coefficient (Wildman–Crippen LogP) is 1.43. The quantitative estimate of drug-likeness (QED) is 0.636. The average molecular weight is 434 g/mol. The summed E-state index contributed by atoms with van der Waals surface area (Å²) in [5.74, 6) is 0. The Morgan fingerprint density at radius 3 is 2.50 bits per heavy atom. The molecular formula is C22H27NO6S. The molecule has 0 amide bonds. The molecule has 3 N–H and O–H groups in total. The average Bonchev–Trinajstić information content (AvgIpc) is 3.22. The fraction of sp³-hybridized carbons (Fsp3) is 0.455. The summed E-state index contributed by atoms with van der Waals surface area (Å²) in [6, 6.07) is 15.3. The summed E-state index contributed by atoms with van der Waals surface area (Å²) in [7, 11) is -3.64. The lowest BCUT2D eigenvalue weighted by molar-refractivity contribution is -0.0849. The maximum absolute atomic E-state index is 13.0. The van der Waals surface area contributed by atoms with Gasteiger partial charge in [0.05, 0.1) is 25.4 Å². The smallest absolute Gasteiger partial charge is 0.220 e. The summed E-state index contributed by atoms with van der Waals surface area (Å²) in [4.78, 5) is 0. The van der Waals surface area contributed by atoms with Gasteiger partial charge in [-0.25, -0.2) is 8.42 Å². The topological polar surface area (TPSA) is 107 Å². The molecule has 0 radical (unpaired) electrons. The number of aliphatic hydroxyl groups is 3. The van der Waals surface area contributed by atoms with Gasteiger partial charge in [-0.15, -0.1) is 0 Å². The van der Waals surface area contributed by atoms with Crippen molar-refractivity contribution in [3.05, 3.63) is 59.7 Å². The predicted molar refractivity (Wildman–Crippen MR) is 112 cm³/mol. The van der Waals surface area contributed by atoms with Crippen LogP contribution in [0, 0.1) is 0 Å². The first-order valence-corrected chi connectivity index (χ1v) is 11.6. The lowest BCUT2D eigenvalue weighted by atomic mass is 9.99. The highest BCUT2D eigenvalue weighted by atomic mass is 32.2. The van der Waals surface area contributed by atoms with Gasteiger partial charge in [-0.1, -0.05) is 42.5 Å². The standard InChI is InChI=1S/C22H27NO6S/c1-15(26)18-3-2-4-19(9-18)17-7-5-16(6-8-17)11-23-13-22(14-25)21(30(23,27)28)10-20(12-24)29-22/h2-9,15,20-21,24-26H,10-14H2,1H3/t15?,20-,21+,22-/m1/s1. The van der Waals surface area contributed by atoms with Gasteiger partial charge in [0.1, 0.15) is 10.9 Å². The molecule has 4 atom stereocenters. The normalized spacial score (nSPS) is 29.1. The van der Waals surface area contributed by atoms with Crippen LogP contribution in [0.15, 0.2) is 48.5 Å². The number of sulfonamides is 1. The van der Waals surface area contributed by atoms with E-state index in [1.54, 1.807) is 6.92 Å². The van der Waals surface area contributed by atoms with Crippen LogP contribution in [0.25, 0.3) is 11.1 Å². The first-order valence-electron chi connectivity index (χ1n) is 10.0. The number of ether oxygens (including phenoxy) is 1. The van der Waals surface area contributed by atoms with E-state index < -0.39 is 39.7 Å². The van der Waals surface area contributed by atoms with Crippen LogP contribution in [0.3, 0.4) is 0 Å². The van der Waals surface area contributed by atoms with E-state index >= 15 is 0 Å². The van der Waals surface area contributed by atoms with Crippen molar-refractivity contribution in [2.45, 2.75) is 42.9 Å². The van der Waals surface area contributed by atoms with Gasteiger partial charge in [0.2, 0.25) is 10.0 Å². The number of hydrogen-bond acceptors (Lipinski definition) is 6. The maximum atomic E-state index is 13.0. The zero-order chi connectivity index (χ0) is 21.5. The van der Waals surface area contributed by atoms with Crippen LogP contribution >= 0.6 is 0 Å². The molecule has 2 aromatic carbocycles. The largest absolute Gasteiger partial charge is 0.394 e. The summed E-state index contributed by atoms with van der Waals surface area (Å²) < 4.78 is 33.2. The van der Waals surface area contributed by atoms with Crippen LogP contribution in [0.5, 0.6) is 0 Å². The molecule has 0 spiro atoms. The molecule has 2 aromatic rings. The molecule has 8 heteroatoms. The minimum Gasteiger partial charge on any atom is -0.394 e. The highest BCUT2D eigenvalue weighted by Crippen LogP contribution is 2.43. The molecule has 2 aliphatic heterocycles. The maximum Gasteiger partial charge on any atom is 0.220 e. The monoisotopic (exact) mass is 433 g/mol. The van der Waals surface area contributed by atoms with Crippen LogP contribution in [-0.2, 0) is 21.3 Å². The molecule has 0 saturated carbocycles. The minimum atomic E-state index is -3.64. The van der Waals surface area contributed by atoms with E-state index in [9.17, 15) is 23.7 Å². The van der Waals surface area contributed by atoms with Crippen LogP contribution in [0.1, 0.15) is 30.6 Å². The van der Waals surface area contributed by atoms with E-state index in [4.69, 9.17) is 4.74 Å². The van der Waals surface area contributed by atoms with Crippen molar-refractivity contribution in [2.75, 3.05) is 19.8 Å². The highest BCUT2D eigenvalue weighted by Gasteiger charge is 2.62. The summed E-state index contributed by atoms with van der Waals surface area (Å²) in [6.45, 7) is 1.33. The summed E-state index contributed by atoms with van der Waals surface area (Å²) >= 11 is 0. The summed E-state index contributed by atoms with van der Waals surface area (Å²) in [6.07, 6.45) is -0.916. The van der Waals surface area contributed by atoms with E-state index in [0.717, 1.165) is 22.3 Å². The van der Waals surface area contributed by atoms with Crippen molar-refractivity contribution >= 4 is 10.0 Å². The van der Waals surface area contributed by atoms with Gasteiger partial charge in [0.25, 0.3) is 0 Å². The Kier molecular flexibility index (Phi) is 5.73. The van der Waals surface area contributed by atoms with Gasteiger partial charge >= 0.3 is 0 Å². The van der Waals surface area contributed by atoms with Gasteiger partial charge in [-0.2, -0.15) is 4.31 Å². The number of fused-ring (bicyclic) bond motifs is 1. The molecular weight excluding hydrogens is 406 g/mol. The van der Waals surface area contributed by atoms with Crippen molar-refractivity contribution < 1.29 is 28.5 Å². The van der Waals surface area contributed by atoms with Crippen LogP contribution in [-0.4, -0.2) is 64.8 Å². The van der Waals surface area contributed by atoms with Gasteiger partial charge in [0.15, 0.2) is 0 Å². The molecule has 2 saturated heterocycles. The molecule has 2 aliphatic rings. The Balaban J connectivity index is 1.52. The van der Waals surface area contributed by atoms with Gasteiger partial charge in [0, 0.05) is 13.1 Å². The van der Waals surface area contributed by atoms with E-state index in [-0.39, 0.29) is 26.1 Å². The molecule has 30 heavy (non-hydrogen) atoms. The van der Waals surface area contributed by atoms with E-state index in [1.807, 2.05) is 48.5 Å². The Labute approximate surface area is 176 Å². The fourth-order valence-electron chi connectivity index (χ4n) is 4.44. The van der Waals surface area contributed by atoms with Crippen molar-refractivity contribution in [3.63, 3.8) is 0 Å². The Bertz CT molecular complexity index is 1010. The second kappa shape index (κ2) is 8.03. The molecule has 4 rings (SSSR count). The third-order valence-corrected chi connectivity index (χ3v) is 8.43. The Hall–Kier alpha value is -1.81. The zero-order valence-corrected chi connectivity index (χ0v) is 17.6. The lowest BCUT2D eigenvalue weighted by Crippen LogP contribution is -2.43. The zero-order valence-electron chi connectivity index (χ0n) is 16.8. The summed E-state index contributed by atoms with van der Waals surface area (Å²) in [5, 5.41) is 28.2. The molecule has 0 bridgehead atoms. The van der Waals surface area contributed by atoms with Crippen molar-refractivity contribution in [3.8, 4) is 11.1 Å². The molecule has 0 aromatic heterocycles.